The van der Waals surface area contributed by atoms with E-state index in [-0.39, 0.29) is 29.1 Å². The van der Waals surface area contributed by atoms with Gasteiger partial charge in [-0.3, -0.25) is 9.59 Å². The van der Waals surface area contributed by atoms with Crippen LogP contribution in [0, 0.1) is 0 Å². The third-order valence-corrected chi connectivity index (χ3v) is 5.70. The van der Waals surface area contributed by atoms with E-state index < -0.39 is 18.4 Å². The molecular formula is C30H25NO6. The first kappa shape index (κ1) is 25.2. The third-order valence-electron chi connectivity index (χ3n) is 5.70. The SMILES string of the molecule is O=C(O)Cc1cc(C(=O)N(Cc2ccccc2)Cc2ccc(Oc3ccccc3)cc2)ccc1C(=O)O. The molecule has 0 spiro atoms. The standard InChI is InChI=1S/C30H25NO6/c32-28(33)18-24-17-23(13-16-27(24)30(35)36)29(34)31(19-21-7-3-1-4-8-21)20-22-11-14-26(15-12-22)37-25-9-5-2-6-10-25/h1-17H,18-20H2,(H,32,33)(H,35,36). The number of rotatable bonds is 10. The highest BCUT2D eigenvalue weighted by atomic mass is 16.5. The molecule has 7 nitrogen and oxygen atoms in total. The van der Waals surface area contributed by atoms with E-state index in [1.165, 1.54) is 18.2 Å². The lowest BCUT2D eigenvalue weighted by Crippen LogP contribution is -2.30. The lowest BCUT2D eigenvalue weighted by molar-refractivity contribution is -0.136. The number of nitrogens with zero attached hydrogens (tertiary/aromatic N) is 1. The predicted molar refractivity (Wildman–Crippen MR) is 138 cm³/mol. The smallest absolute Gasteiger partial charge is 0.335 e. The summed E-state index contributed by atoms with van der Waals surface area (Å²) in [5.41, 5.74) is 1.96. The average Bonchev–Trinajstić information content (AvgIpc) is 2.89. The Morgan fingerprint density at radius 1 is 0.676 bits per heavy atom. The fraction of sp³-hybridized carbons (Fsp3) is 0.100. The topological polar surface area (TPSA) is 104 Å². The number of benzene rings is 4. The van der Waals surface area contributed by atoms with Crippen molar-refractivity contribution in [3.63, 3.8) is 0 Å². The molecule has 0 aliphatic heterocycles. The van der Waals surface area contributed by atoms with Crippen molar-refractivity contribution in [1.82, 2.24) is 4.90 Å². The summed E-state index contributed by atoms with van der Waals surface area (Å²) < 4.78 is 5.85. The molecule has 4 aromatic rings. The van der Waals surface area contributed by atoms with Crippen LogP contribution in [-0.4, -0.2) is 33.0 Å². The van der Waals surface area contributed by atoms with Crippen molar-refractivity contribution in [1.29, 1.82) is 0 Å². The van der Waals surface area contributed by atoms with Gasteiger partial charge in [0, 0.05) is 18.7 Å². The fourth-order valence-corrected chi connectivity index (χ4v) is 3.94. The summed E-state index contributed by atoms with van der Waals surface area (Å²) in [4.78, 5) is 38.1. The largest absolute Gasteiger partial charge is 0.481 e. The Hall–Kier alpha value is -4.91. The fourth-order valence-electron chi connectivity index (χ4n) is 3.94. The van der Waals surface area contributed by atoms with E-state index in [0.29, 0.717) is 12.3 Å². The molecule has 4 aromatic carbocycles. The van der Waals surface area contributed by atoms with Crippen LogP contribution in [0.25, 0.3) is 0 Å². The molecule has 0 unspecified atom stereocenters. The summed E-state index contributed by atoms with van der Waals surface area (Å²) in [6.07, 6.45) is -0.496. The van der Waals surface area contributed by atoms with E-state index in [1.807, 2.05) is 84.9 Å². The first-order valence-electron chi connectivity index (χ1n) is 11.6. The molecule has 0 fully saturated rings. The number of hydrogen-bond donors (Lipinski definition) is 2. The number of carbonyl (C=O) groups excluding carboxylic acids is 1. The predicted octanol–water partition coefficient (Wildman–Crippen LogP) is 5.65. The van der Waals surface area contributed by atoms with Gasteiger partial charge in [-0.25, -0.2) is 4.79 Å². The summed E-state index contributed by atoms with van der Waals surface area (Å²) in [5, 5.41) is 18.6. The van der Waals surface area contributed by atoms with Crippen LogP contribution in [0.15, 0.2) is 103 Å². The van der Waals surface area contributed by atoms with E-state index in [4.69, 9.17) is 4.74 Å². The summed E-state index contributed by atoms with van der Waals surface area (Å²) in [6.45, 7) is 0.602. The van der Waals surface area contributed by atoms with Crippen LogP contribution >= 0.6 is 0 Å². The van der Waals surface area contributed by atoms with Gasteiger partial charge < -0.3 is 19.8 Å². The lowest BCUT2D eigenvalue weighted by Gasteiger charge is -2.24. The van der Waals surface area contributed by atoms with Gasteiger partial charge in [-0.2, -0.15) is 0 Å². The lowest BCUT2D eigenvalue weighted by atomic mass is 10.00. The number of carboxylic acid groups (broad SMARTS) is 2. The minimum atomic E-state index is -1.24. The number of amides is 1. The van der Waals surface area contributed by atoms with Crippen LogP contribution in [0.2, 0.25) is 0 Å². The molecular weight excluding hydrogens is 470 g/mol. The Morgan fingerprint density at radius 2 is 1.24 bits per heavy atom. The van der Waals surface area contributed by atoms with Crippen LogP contribution < -0.4 is 4.74 Å². The van der Waals surface area contributed by atoms with E-state index in [9.17, 15) is 24.6 Å². The van der Waals surface area contributed by atoms with Gasteiger partial charge in [0.05, 0.1) is 12.0 Å². The molecule has 186 valence electrons. The molecule has 37 heavy (non-hydrogen) atoms. The second-order valence-electron chi connectivity index (χ2n) is 8.45. The minimum Gasteiger partial charge on any atom is -0.481 e. The Balaban J connectivity index is 1.59. The second kappa shape index (κ2) is 11.7. The number of para-hydroxylation sites is 1. The number of carbonyl (C=O) groups is 3. The Bertz CT molecular complexity index is 1390. The molecule has 2 N–H and O–H groups in total. The summed E-state index contributed by atoms with van der Waals surface area (Å²) >= 11 is 0. The molecule has 0 saturated heterocycles. The molecule has 0 aromatic heterocycles. The van der Waals surface area contributed by atoms with Crippen LogP contribution in [0.3, 0.4) is 0 Å². The normalized spacial score (nSPS) is 10.5. The van der Waals surface area contributed by atoms with Crippen molar-refractivity contribution < 1.29 is 29.3 Å². The molecule has 0 heterocycles. The first-order chi connectivity index (χ1) is 17.9. The van der Waals surface area contributed by atoms with Crippen molar-refractivity contribution >= 4 is 17.8 Å². The van der Waals surface area contributed by atoms with Gasteiger partial charge in [0.2, 0.25) is 0 Å². The third kappa shape index (κ3) is 6.82. The van der Waals surface area contributed by atoms with Crippen molar-refractivity contribution in [2.75, 3.05) is 0 Å². The Morgan fingerprint density at radius 3 is 1.84 bits per heavy atom. The van der Waals surface area contributed by atoms with Gasteiger partial charge >= 0.3 is 11.9 Å². The quantitative estimate of drug-likeness (QED) is 0.295. The maximum atomic E-state index is 13.6. The maximum absolute atomic E-state index is 13.6. The summed E-state index contributed by atoms with van der Waals surface area (Å²) in [7, 11) is 0. The van der Waals surface area contributed by atoms with E-state index in [0.717, 1.165) is 16.9 Å². The molecule has 4 rings (SSSR count). The van der Waals surface area contributed by atoms with E-state index in [2.05, 4.69) is 0 Å². The van der Waals surface area contributed by atoms with Crippen LogP contribution in [0.1, 0.15) is 37.4 Å². The van der Waals surface area contributed by atoms with Gasteiger partial charge in [-0.15, -0.1) is 0 Å². The van der Waals surface area contributed by atoms with Gasteiger partial charge in [-0.1, -0.05) is 60.7 Å². The maximum Gasteiger partial charge on any atom is 0.335 e. The van der Waals surface area contributed by atoms with Crippen molar-refractivity contribution in [3.05, 3.63) is 131 Å². The van der Waals surface area contributed by atoms with Crippen LogP contribution in [0.5, 0.6) is 11.5 Å². The molecule has 0 atom stereocenters. The zero-order chi connectivity index (χ0) is 26.2. The highest BCUT2D eigenvalue weighted by Crippen LogP contribution is 2.23. The first-order valence-corrected chi connectivity index (χ1v) is 11.6. The highest BCUT2D eigenvalue weighted by Gasteiger charge is 2.21. The van der Waals surface area contributed by atoms with Crippen LogP contribution in [-0.2, 0) is 24.3 Å². The summed E-state index contributed by atoms with van der Waals surface area (Å²) in [6, 6.07) is 30.4. The average molecular weight is 496 g/mol. The second-order valence-corrected chi connectivity index (χ2v) is 8.45. The molecule has 0 saturated carbocycles. The minimum absolute atomic E-state index is 0.0768. The Kier molecular flexibility index (Phi) is 7.95. The molecule has 0 bridgehead atoms. The molecule has 7 heteroatoms. The zero-order valence-electron chi connectivity index (χ0n) is 19.9. The van der Waals surface area contributed by atoms with Crippen molar-refractivity contribution in [3.8, 4) is 11.5 Å². The van der Waals surface area contributed by atoms with E-state index >= 15 is 0 Å². The van der Waals surface area contributed by atoms with E-state index in [1.54, 1.807) is 4.90 Å². The molecule has 0 radical (unpaired) electrons. The monoisotopic (exact) mass is 495 g/mol. The van der Waals surface area contributed by atoms with Crippen molar-refractivity contribution in [2.45, 2.75) is 19.5 Å². The number of aromatic carboxylic acids is 1. The number of aliphatic carboxylic acids is 1. The van der Waals surface area contributed by atoms with Gasteiger partial charge in [0.25, 0.3) is 5.91 Å². The zero-order valence-corrected chi connectivity index (χ0v) is 19.9. The molecule has 0 aliphatic carbocycles. The van der Waals surface area contributed by atoms with Crippen molar-refractivity contribution in [2.24, 2.45) is 0 Å². The number of hydrogen-bond acceptors (Lipinski definition) is 4. The Labute approximate surface area is 214 Å². The summed E-state index contributed by atoms with van der Waals surface area (Å²) in [5.74, 6) is -1.37. The number of ether oxygens (including phenoxy) is 1. The van der Waals surface area contributed by atoms with Gasteiger partial charge in [0.1, 0.15) is 11.5 Å². The molecule has 1 amide bonds. The highest BCUT2D eigenvalue weighted by molar-refractivity contribution is 5.97. The number of carboxylic acids is 2. The van der Waals surface area contributed by atoms with Gasteiger partial charge in [-0.05, 0) is 59.2 Å². The van der Waals surface area contributed by atoms with Gasteiger partial charge in [0.15, 0.2) is 0 Å². The molecule has 0 aliphatic rings. The van der Waals surface area contributed by atoms with Crippen LogP contribution in [0.4, 0.5) is 0 Å².